The molecule has 2 rings (SSSR count). The number of nitrogens with one attached hydrogen (secondary N) is 2. The van der Waals surface area contributed by atoms with Crippen molar-refractivity contribution >= 4 is 11.6 Å². The molecular formula is C14H24N4O. The van der Waals surface area contributed by atoms with Gasteiger partial charge < -0.3 is 15.7 Å². The fraction of sp³-hybridized carbons (Fsp3) is 0.714. The van der Waals surface area contributed by atoms with E-state index in [1.54, 1.807) is 6.33 Å². The van der Waals surface area contributed by atoms with Crippen molar-refractivity contribution in [3.8, 4) is 0 Å². The van der Waals surface area contributed by atoms with Gasteiger partial charge in [0.2, 0.25) is 0 Å². The van der Waals surface area contributed by atoms with Crippen LogP contribution in [0.25, 0.3) is 0 Å². The molecule has 5 heteroatoms. The maximum absolute atomic E-state index is 9.93. The van der Waals surface area contributed by atoms with Crippen LogP contribution in [-0.4, -0.2) is 34.3 Å². The molecule has 1 fully saturated rings. The Morgan fingerprint density at radius 2 is 1.95 bits per heavy atom. The third kappa shape index (κ3) is 4.35. The van der Waals surface area contributed by atoms with Crippen LogP contribution in [0.1, 0.15) is 39.0 Å². The van der Waals surface area contributed by atoms with Gasteiger partial charge in [0.15, 0.2) is 0 Å². The first kappa shape index (κ1) is 14.1. The zero-order valence-electron chi connectivity index (χ0n) is 11.6. The maximum atomic E-state index is 9.93. The molecule has 1 aliphatic rings. The van der Waals surface area contributed by atoms with E-state index >= 15 is 0 Å². The number of aromatic nitrogens is 2. The third-order valence-electron chi connectivity index (χ3n) is 3.64. The van der Waals surface area contributed by atoms with Crippen molar-refractivity contribution < 1.29 is 5.11 Å². The summed E-state index contributed by atoms with van der Waals surface area (Å²) in [6.45, 7) is 3.82. The fourth-order valence-electron chi connectivity index (χ4n) is 2.47. The van der Waals surface area contributed by atoms with Crippen molar-refractivity contribution in [1.29, 1.82) is 0 Å². The van der Waals surface area contributed by atoms with Crippen LogP contribution in [0.5, 0.6) is 0 Å². The van der Waals surface area contributed by atoms with Crippen LogP contribution in [0.3, 0.4) is 0 Å². The number of hydrogen-bond acceptors (Lipinski definition) is 5. The lowest BCUT2D eigenvalue weighted by molar-refractivity contribution is 0.0763. The summed E-state index contributed by atoms with van der Waals surface area (Å²) in [7, 11) is 0. The number of anilines is 2. The Hall–Kier alpha value is -1.36. The highest BCUT2D eigenvalue weighted by molar-refractivity contribution is 5.46. The average molecular weight is 264 g/mol. The molecule has 3 N–H and O–H groups in total. The highest BCUT2D eigenvalue weighted by atomic mass is 16.3. The molecule has 5 nitrogen and oxygen atoms in total. The summed E-state index contributed by atoms with van der Waals surface area (Å²) < 4.78 is 0. The van der Waals surface area contributed by atoms with Gasteiger partial charge in [0.1, 0.15) is 18.0 Å². The van der Waals surface area contributed by atoms with Gasteiger partial charge in [0, 0.05) is 25.1 Å². The largest absolute Gasteiger partial charge is 0.393 e. The first-order valence-corrected chi connectivity index (χ1v) is 7.27. The van der Waals surface area contributed by atoms with E-state index in [2.05, 4.69) is 27.5 Å². The van der Waals surface area contributed by atoms with Crippen molar-refractivity contribution in [2.24, 2.45) is 5.92 Å². The lowest BCUT2D eigenvalue weighted by atomic mass is 9.86. The second kappa shape index (κ2) is 7.28. The van der Waals surface area contributed by atoms with Gasteiger partial charge in [-0.3, -0.25) is 0 Å². The standard InChI is InChI=1S/C14H24N4O/c1-2-7-15-13-8-14(18-10-17-13)16-9-11-5-3-4-6-12(11)19/h8,10-12,19H,2-7,9H2,1H3,(H2,15,16,17,18). The molecule has 0 radical (unpaired) electrons. The van der Waals surface area contributed by atoms with Crippen LogP contribution in [0.15, 0.2) is 12.4 Å². The van der Waals surface area contributed by atoms with Crippen LogP contribution in [0, 0.1) is 5.92 Å². The van der Waals surface area contributed by atoms with Crippen molar-refractivity contribution in [1.82, 2.24) is 9.97 Å². The Balaban J connectivity index is 1.84. The van der Waals surface area contributed by atoms with Crippen LogP contribution in [-0.2, 0) is 0 Å². The second-order valence-corrected chi connectivity index (χ2v) is 5.21. The first-order valence-electron chi connectivity index (χ1n) is 7.27. The van der Waals surface area contributed by atoms with Gasteiger partial charge >= 0.3 is 0 Å². The van der Waals surface area contributed by atoms with E-state index < -0.39 is 0 Å². The number of aliphatic hydroxyl groups excluding tert-OH is 1. The van der Waals surface area contributed by atoms with E-state index in [0.29, 0.717) is 5.92 Å². The van der Waals surface area contributed by atoms with E-state index in [1.807, 2.05) is 6.07 Å². The Bertz CT molecular complexity index is 385. The molecule has 2 unspecified atom stereocenters. The van der Waals surface area contributed by atoms with Gasteiger partial charge in [-0.1, -0.05) is 19.8 Å². The minimum atomic E-state index is -0.166. The molecule has 2 atom stereocenters. The van der Waals surface area contributed by atoms with E-state index in [-0.39, 0.29) is 6.10 Å². The van der Waals surface area contributed by atoms with Crippen molar-refractivity contribution in [3.63, 3.8) is 0 Å². The topological polar surface area (TPSA) is 70.1 Å². The summed E-state index contributed by atoms with van der Waals surface area (Å²) >= 11 is 0. The summed E-state index contributed by atoms with van der Waals surface area (Å²) in [5.41, 5.74) is 0. The monoisotopic (exact) mass is 264 g/mol. The summed E-state index contributed by atoms with van der Waals surface area (Å²) in [5.74, 6) is 2.02. The number of nitrogens with zero attached hydrogens (tertiary/aromatic N) is 2. The fourth-order valence-corrected chi connectivity index (χ4v) is 2.47. The van der Waals surface area contributed by atoms with Gasteiger partial charge in [-0.15, -0.1) is 0 Å². The Morgan fingerprint density at radius 3 is 2.68 bits per heavy atom. The molecule has 0 saturated heterocycles. The summed E-state index contributed by atoms with van der Waals surface area (Å²) in [4.78, 5) is 8.39. The lowest BCUT2D eigenvalue weighted by Crippen LogP contribution is -2.30. The predicted octanol–water partition coefficient (Wildman–Crippen LogP) is 2.26. The van der Waals surface area contributed by atoms with Crippen LogP contribution in [0.4, 0.5) is 11.6 Å². The van der Waals surface area contributed by atoms with Gasteiger partial charge in [-0.2, -0.15) is 0 Å². The van der Waals surface area contributed by atoms with Gasteiger partial charge in [-0.25, -0.2) is 9.97 Å². The molecule has 106 valence electrons. The first-order chi connectivity index (χ1) is 9.29. The van der Waals surface area contributed by atoms with Gasteiger partial charge in [-0.05, 0) is 19.3 Å². The molecule has 0 bridgehead atoms. The Morgan fingerprint density at radius 1 is 1.21 bits per heavy atom. The van der Waals surface area contributed by atoms with E-state index in [4.69, 9.17) is 0 Å². The predicted molar refractivity (Wildman–Crippen MR) is 77.3 cm³/mol. The summed E-state index contributed by atoms with van der Waals surface area (Å²) in [5, 5.41) is 16.5. The average Bonchev–Trinajstić information content (AvgIpc) is 2.45. The third-order valence-corrected chi connectivity index (χ3v) is 3.64. The van der Waals surface area contributed by atoms with E-state index in [1.165, 1.54) is 6.42 Å². The molecule has 1 aromatic heterocycles. The SMILES string of the molecule is CCCNc1cc(NCC2CCCCC2O)ncn1. The Labute approximate surface area is 114 Å². The summed E-state index contributed by atoms with van der Waals surface area (Å²) in [6.07, 6.45) is 6.87. The summed E-state index contributed by atoms with van der Waals surface area (Å²) in [6, 6.07) is 1.92. The van der Waals surface area contributed by atoms with E-state index in [9.17, 15) is 5.11 Å². The molecule has 1 aromatic rings. The van der Waals surface area contributed by atoms with Crippen molar-refractivity contribution in [2.75, 3.05) is 23.7 Å². The molecule has 0 aliphatic heterocycles. The number of rotatable bonds is 6. The van der Waals surface area contributed by atoms with Gasteiger partial charge in [0.05, 0.1) is 6.10 Å². The second-order valence-electron chi connectivity index (χ2n) is 5.21. The Kier molecular flexibility index (Phi) is 5.39. The van der Waals surface area contributed by atoms with Crippen LogP contribution >= 0.6 is 0 Å². The smallest absolute Gasteiger partial charge is 0.131 e. The molecule has 0 spiro atoms. The molecule has 1 aliphatic carbocycles. The van der Waals surface area contributed by atoms with Crippen molar-refractivity contribution in [2.45, 2.75) is 45.1 Å². The molecule has 1 saturated carbocycles. The zero-order chi connectivity index (χ0) is 13.5. The number of hydrogen-bond donors (Lipinski definition) is 3. The van der Waals surface area contributed by atoms with Crippen LogP contribution < -0.4 is 10.6 Å². The molecule has 19 heavy (non-hydrogen) atoms. The highest BCUT2D eigenvalue weighted by Gasteiger charge is 2.22. The highest BCUT2D eigenvalue weighted by Crippen LogP contribution is 2.24. The lowest BCUT2D eigenvalue weighted by Gasteiger charge is -2.27. The minimum Gasteiger partial charge on any atom is -0.393 e. The van der Waals surface area contributed by atoms with Crippen LogP contribution in [0.2, 0.25) is 0 Å². The normalized spacial score (nSPS) is 23.1. The molecule has 0 amide bonds. The zero-order valence-corrected chi connectivity index (χ0v) is 11.6. The number of aliphatic hydroxyl groups is 1. The molecular weight excluding hydrogens is 240 g/mol. The molecule has 0 aromatic carbocycles. The molecule has 1 heterocycles. The van der Waals surface area contributed by atoms with Gasteiger partial charge in [0.25, 0.3) is 0 Å². The minimum absolute atomic E-state index is 0.166. The van der Waals surface area contributed by atoms with E-state index in [0.717, 1.165) is 50.4 Å². The van der Waals surface area contributed by atoms with Crippen molar-refractivity contribution in [3.05, 3.63) is 12.4 Å². The maximum Gasteiger partial charge on any atom is 0.131 e. The quantitative estimate of drug-likeness (QED) is 0.735.